The molecular weight excluding hydrogens is 428 g/mol. The van der Waals surface area contributed by atoms with Gasteiger partial charge < -0.3 is 9.80 Å². The highest BCUT2D eigenvalue weighted by molar-refractivity contribution is 6.30. The first kappa shape index (κ1) is 20.6. The minimum absolute atomic E-state index is 0.0844. The SMILES string of the molecule is O=C(Cn1nc(-c2ccc(Cl)cc2)ccc1=O)N1CCN(c2cc3c(nn2)CCC3)CC1. The van der Waals surface area contributed by atoms with Crippen molar-refractivity contribution in [2.75, 3.05) is 31.1 Å². The van der Waals surface area contributed by atoms with Gasteiger partial charge >= 0.3 is 0 Å². The zero-order chi connectivity index (χ0) is 22.1. The number of rotatable bonds is 4. The van der Waals surface area contributed by atoms with E-state index in [0.717, 1.165) is 36.3 Å². The Kier molecular flexibility index (Phi) is 5.61. The minimum Gasteiger partial charge on any atom is -0.352 e. The first-order chi connectivity index (χ1) is 15.6. The number of nitrogens with zero attached hydrogens (tertiary/aromatic N) is 6. The van der Waals surface area contributed by atoms with Gasteiger partial charge in [-0.1, -0.05) is 23.7 Å². The van der Waals surface area contributed by atoms with Gasteiger partial charge in [0.05, 0.1) is 11.4 Å². The number of halogens is 1. The van der Waals surface area contributed by atoms with Crippen molar-refractivity contribution in [3.63, 3.8) is 0 Å². The zero-order valence-electron chi connectivity index (χ0n) is 17.6. The number of piperazine rings is 1. The number of aromatic nitrogens is 4. The highest BCUT2D eigenvalue weighted by Crippen LogP contribution is 2.23. The molecule has 1 fully saturated rings. The van der Waals surface area contributed by atoms with Gasteiger partial charge in [0.25, 0.3) is 5.56 Å². The number of carbonyl (C=O) groups excluding carboxylic acids is 1. The van der Waals surface area contributed by atoms with E-state index in [9.17, 15) is 9.59 Å². The van der Waals surface area contributed by atoms with E-state index in [1.54, 1.807) is 23.1 Å². The van der Waals surface area contributed by atoms with E-state index >= 15 is 0 Å². The number of carbonyl (C=O) groups is 1. The molecule has 1 amide bonds. The predicted molar refractivity (Wildman–Crippen MR) is 122 cm³/mol. The standard InChI is InChI=1S/C23H23ClN6O2/c24-18-6-4-16(5-7-18)20-8-9-22(31)30(27-20)15-23(32)29-12-10-28(11-13-29)21-14-17-2-1-3-19(17)25-26-21/h4-9,14H,1-3,10-13,15H2. The fourth-order valence-corrected chi connectivity index (χ4v) is 4.35. The van der Waals surface area contributed by atoms with Crippen molar-refractivity contribution in [2.45, 2.75) is 25.8 Å². The molecular formula is C23H23ClN6O2. The van der Waals surface area contributed by atoms with Crippen LogP contribution in [0.15, 0.2) is 47.3 Å². The molecule has 2 aliphatic rings. The molecule has 1 aliphatic heterocycles. The van der Waals surface area contributed by atoms with Crippen LogP contribution in [0.3, 0.4) is 0 Å². The molecule has 0 radical (unpaired) electrons. The molecule has 1 saturated heterocycles. The molecule has 3 aromatic rings. The number of benzene rings is 1. The van der Waals surface area contributed by atoms with Gasteiger partial charge in [-0.15, -0.1) is 5.10 Å². The predicted octanol–water partition coefficient (Wildman–Crippen LogP) is 2.19. The van der Waals surface area contributed by atoms with E-state index in [0.29, 0.717) is 36.9 Å². The van der Waals surface area contributed by atoms with E-state index in [-0.39, 0.29) is 18.0 Å². The summed E-state index contributed by atoms with van der Waals surface area (Å²) in [6.07, 6.45) is 3.22. The van der Waals surface area contributed by atoms with Gasteiger partial charge in [0.1, 0.15) is 6.54 Å². The average molecular weight is 451 g/mol. The van der Waals surface area contributed by atoms with Crippen molar-refractivity contribution in [1.29, 1.82) is 0 Å². The van der Waals surface area contributed by atoms with Crippen LogP contribution in [0.25, 0.3) is 11.3 Å². The lowest BCUT2D eigenvalue weighted by Crippen LogP contribution is -2.50. The fraction of sp³-hybridized carbons (Fsp3) is 0.348. The fourth-order valence-electron chi connectivity index (χ4n) is 4.22. The Morgan fingerprint density at radius 2 is 1.75 bits per heavy atom. The average Bonchev–Trinajstić information content (AvgIpc) is 3.29. The summed E-state index contributed by atoms with van der Waals surface area (Å²) in [6, 6.07) is 12.4. The van der Waals surface area contributed by atoms with Gasteiger partial charge in [-0.2, -0.15) is 10.2 Å². The van der Waals surface area contributed by atoms with E-state index in [2.05, 4.69) is 26.3 Å². The van der Waals surface area contributed by atoms with Crippen LogP contribution >= 0.6 is 11.6 Å². The lowest BCUT2D eigenvalue weighted by molar-refractivity contribution is -0.132. The molecule has 0 N–H and O–H groups in total. The van der Waals surface area contributed by atoms with Crippen LogP contribution in [-0.2, 0) is 24.2 Å². The Labute approximate surface area is 190 Å². The smallest absolute Gasteiger partial charge is 0.267 e. The number of amides is 1. The Bertz CT molecular complexity index is 1200. The molecule has 5 rings (SSSR count). The van der Waals surface area contributed by atoms with Gasteiger partial charge in [-0.3, -0.25) is 9.59 Å². The minimum atomic E-state index is -0.303. The Hall–Kier alpha value is -3.26. The molecule has 164 valence electrons. The van der Waals surface area contributed by atoms with E-state index in [4.69, 9.17) is 11.6 Å². The zero-order valence-corrected chi connectivity index (χ0v) is 18.3. The van der Waals surface area contributed by atoms with Crippen molar-refractivity contribution < 1.29 is 4.79 Å². The second-order valence-corrected chi connectivity index (χ2v) is 8.55. The van der Waals surface area contributed by atoms with Crippen molar-refractivity contribution in [1.82, 2.24) is 24.9 Å². The molecule has 0 atom stereocenters. The Morgan fingerprint density at radius 3 is 2.53 bits per heavy atom. The summed E-state index contributed by atoms with van der Waals surface area (Å²) < 4.78 is 1.23. The molecule has 0 saturated carbocycles. The van der Waals surface area contributed by atoms with Gasteiger partial charge in [0.2, 0.25) is 5.91 Å². The third-order valence-corrected chi connectivity index (χ3v) is 6.31. The third kappa shape index (κ3) is 4.23. The topological polar surface area (TPSA) is 84.2 Å². The molecule has 0 unspecified atom stereocenters. The van der Waals surface area contributed by atoms with Crippen LogP contribution in [0, 0.1) is 0 Å². The summed E-state index contributed by atoms with van der Waals surface area (Å²) in [5, 5.41) is 13.8. The quantitative estimate of drug-likeness (QED) is 0.605. The number of anilines is 1. The van der Waals surface area contributed by atoms with Gasteiger partial charge in [0, 0.05) is 42.8 Å². The highest BCUT2D eigenvalue weighted by Gasteiger charge is 2.24. The maximum absolute atomic E-state index is 12.9. The second kappa shape index (κ2) is 8.70. The van der Waals surface area contributed by atoms with Crippen LogP contribution in [-0.4, -0.2) is 57.0 Å². The first-order valence-electron chi connectivity index (χ1n) is 10.8. The third-order valence-electron chi connectivity index (χ3n) is 6.05. The summed E-state index contributed by atoms with van der Waals surface area (Å²) in [7, 11) is 0. The maximum Gasteiger partial charge on any atom is 0.267 e. The van der Waals surface area contributed by atoms with E-state index in [1.807, 2.05) is 12.1 Å². The highest BCUT2D eigenvalue weighted by atomic mass is 35.5. The molecule has 9 heteroatoms. The van der Waals surface area contributed by atoms with Gasteiger partial charge in [-0.25, -0.2) is 4.68 Å². The summed E-state index contributed by atoms with van der Waals surface area (Å²) in [4.78, 5) is 29.1. The largest absolute Gasteiger partial charge is 0.352 e. The maximum atomic E-state index is 12.9. The monoisotopic (exact) mass is 450 g/mol. The van der Waals surface area contributed by atoms with E-state index in [1.165, 1.54) is 16.3 Å². The summed E-state index contributed by atoms with van der Waals surface area (Å²) >= 11 is 5.95. The van der Waals surface area contributed by atoms with Crippen LogP contribution in [0.2, 0.25) is 5.02 Å². The van der Waals surface area contributed by atoms with Crippen LogP contribution < -0.4 is 10.5 Å². The van der Waals surface area contributed by atoms with Crippen molar-refractivity contribution in [3.8, 4) is 11.3 Å². The van der Waals surface area contributed by atoms with Crippen LogP contribution in [0.5, 0.6) is 0 Å². The lowest BCUT2D eigenvalue weighted by atomic mass is 10.1. The van der Waals surface area contributed by atoms with Crippen LogP contribution in [0.1, 0.15) is 17.7 Å². The van der Waals surface area contributed by atoms with E-state index < -0.39 is 0 Å². The normalized spacial score (nSPS) is 15.7. The number of aryl methyl sites for hydroxylation is 2. The van der Waals surface area contributed by atoms with Crippen molar-refractivity contribution >= 4 is 23.3 Å². The van der Waals surface area contributed by atoms with Crippen LogP contribution in [0.4, 0.5) is 5.82 Å². The molecule has 0 spiro atoms. The second-order valence-electron chi connectivity index (χ2n) is 8.12. The Balaban J connectivity index is 1.24. The number of hydrogen-bond donors (Lipinski definition) is 0. The molecule has 32 heavy (non-hydrogen) atoms. The summed E-state index contributed by atoms with van der Waals surface area (Å²) in [5.41, 5.74) is 3.55. The van der Waals surface area contributed by atoms with Crippen molar-refractivity contribution in [3.05, 3.63) is 69.1 Å². The summed E-state index contributed by atoms with van der Waals surface area (Å²) in [5.74, 6) is 0.763. The van der Waals surface area contributed by atoms with Gasteiger partial charge in [-0.05, 0) is 49.1 Å². The lowest BCUT2D eigenvalue weighted by Gasteiger charge is -2.35. The molecule has 3 heterocycles. The number of fused-ring (bicyclic) bond motifs is 1. The summed E-state index contributed by atoms with van der Waals surface area (Å²) in [6.45, 7) is 2.43. The molecule has 0 bridgehead atoms. The number of hydrogen-bond acceptors (Lipinski definition) is 6. The first-order valence-corrected chi connectivity index (χ1v) is 11.2. The van der Waals surface area contributed by atoms with Gasteiger partial charge in [0.15, 0.2) is 5.82 Å². The molecule has 1 aliphatic carbocycles. The van der Waals surface area contributed by atoms with Crippen molar-refractivity contribution in [2.24, 2.45) is 0 Å². The Morgan fingerprint density at radius 1 is 0.969 bits per heavy atom. The molecule has 2 aromatic heterocycles. The molecule has 1 aromatic carbocycles. The molecule has 8 nitrogen and oxygen atoms in total.